The van der Waals surface area contributed by atoms with Gasteiger partial charge in [-0.25, -0.2) is 0 Å². The van der Waals surface area contributed by atoms with E-state index in [-0.39, 0.29) is 13.2 Å². The molecule has 24 heavy (non-hydrogen) atoms. The average molecular weight is 349 g/mol. The van der Waals surface area contributed by atoms with Crippen LogP contribution in [0.3, 0.4) is 0 Å². The molecule has 0 radical (unpaired) electrons. The van der Waals surface area contributed by atoms with Crippen molar-refractivity contribution in [2.45, 2.75) is 26.2 Å². The van der Waals surface area contributed by atoms with E-state index in [1.807, 2.05) is 30.3 Å². The molecule has 0 aliphatic rings. The monoisotopic (exact) mass is 349 g/mol. The van der Waals surface area contributed by atoms with Gasteiger partial charge >= 0.3 is 7.60 Å². The van der Waals surface area contributed by atoms with Gasteiger partial charge in [0, 0.05) is 0 Å². The van der Waals surface area contributed by atoms with Crippen molar-refractivity contribution in [3.05, 3.63) is 65.7 Å². The summed E-state index contributed by atoms with van der Waals surface area (Å²) in [7, 11) is -3.37. The van der Waals surface area contributed by atoms with Crippen LogP contribution in [-0.4, -0.2) is 13.2 Å². The van der Waals surface area contributed by atoms with Crippen LogP contribution < -0.4 is 10.5 Å². The summed E-state index contributed by atoms with van der Waals surface area (Å²) in [4.78, 5) is 0. The molecule has 0 fully saturated rings. The number of nitrogens with two attached hydrogens (primary N) is 1. The molecular formula is C18H24NO4P. The van der Waals surface area contributed by atoms with Gasteiger partial charge in [-0.2, -0.15) is 0 Å². The third-order valence-corrected chi connectivity index (χ3v) is 5.64. The van der Waals surface area contributed by atoms with Gasteiger partial charge in [0.05, 0.1) is 13.2 Å². The molecule has 0 unspecified atom stereocenters. The van der Waals surface area contributed by atoms with Gasteiger partial charge in [0.15, 0.2) is 0 Å². The highest BCUT2D eigenvalue weighted by atomic mass is 31.2. The van der Waals surface area contributed by atoms with Gasteiger partial charge in [0.2, 0.25) is 0 Å². The summed E-state index contributed by atoms with van der Waals surface area (Å²) in [5.41, 5.74) is 7.89. The van der Waals surface area contributed by atoms with Crippen molar-refractivity contribution in [3.63, 3.8) is 0 Å². The first-order valence-corrected chi connectivity index (χ1v) is 9.61. The van der Waals surface area contributed by atoms with Crippen LogP contribution in [0.5, 0.6) is 5.75 Å². The summed E-state index contributed by atoms with van der Waals surface area (Å²) < 4.78 is 29.0. The molecule has 0 heterocycles. The van der Waals surface area contributed by atoms with Crippen molar-refractivity contribution in [2.24, 2.45) is 5.73 Å². The summed E-state index contributed by atoms with van der Waals surface area (Å²) in [5, 5.41) is 0. The van der Waals surface area contributed by atoms with Crippen LogP contribution in [0.15, 0.2) is 54.6 Å². The minimum Gasteiger partial charge on any atom is -0.489 e. The molecule has 0 aliphatic carbocycles. The van der Waals surface area contributed by atoms with Gasteiger partial charge in [0.1, 0.15) is 18.1 Å². The van der Waals surface area contributed by atoms with E-state index in [9.17, 15) is 4.57 Å². The molecule has 130 valence electrons. The first kappa shape index (κ1) is 18.7. The summed E-state index contributed by atoms with van der Waals surface area (Å²) in [6.07, 6.45) is 0. The minimum atomic E-state index is -3.37. The molecule has 5 nitrogen and oxygen atoms in total. The Morgan fingerprint density at radius 1 is 0.958 bits per heavy atom. The molecule has 1 atom stereocenters. The second-order valence-corrected chi connectivity index (χ2v) is 7.32. The molecule has 0 saturated heterocycles. The Labute approximate surface area is 143 Å². The number of ether oxygens (including phenoxy) is 1. The lowest BCUT2D eigenvalue weighted by Crippen LogP contribution is -2.15. The second kappa shape index (κ2) is 9.00. The van der Waals surface area contributed by atoms with Crippen molar-refractivity contribution in [1.82, 2.24) is 0 Å². The molecule has 0 aromatic heterocycles. The molecule has 0 saturated carbocycles. The van der Waals surface area contributed by atoms with Crippen LogP contribution in [-0.2, 0) is 20.2 Å². The van der Waals surface area contributed by atoms with E-state index in [1.54, 1.807) is 38.1 Å². The average Bonchev–Trinajstić information content (AvgIpc) is 2.61. The Morgan fingerprint density at radius 3 is 2.08 bits per heavy atom. The molecule has 2 aromatic carbocycles. The topological polar surface area (TPSA) is 70.8 Å². The molecule has 6 heteroatoms. The van der Waals surface area contributed by atoms with Crippen LogP contribution in [0.2, 0.25) is 0 Å². The number of hydrogen-bond acceptors (Lipinski definition) is 5. The van der Waals surface area contributed by atoms with Crippen LogP contribution in [0.25, 0.3) is 0 Å². The standard InChI is InChI=1S/C18H24NO4P/c1-3-22-24(20,23-4-2)18(19)16-10-12-17(13-11-16)21-14-15-8-6-5-7-9-15/h5-13,18H,3-4,14,19H2,1-2H3/t18-/m1/s1. The Hall–Kier alpha value is -1.65. The highest BCUT2D eigenvalue weighted by molar-refractivity contribution is 7.54. The maximum absolute atomic E-state index is 12.7. The largest absolute Gasteiger partial charge is 0.489 e. The Balaban J connectivity index is 2.03. The molecule has 0 bridgehead atoms. The lowest BCUT2D eigenvalue weighted by atomic mass is 10.2. The highest BCUT2D eigenvalue weighted by Gasteiger charge is 2.33. The lowest BCUT2D eigenvalue weighted by Gasteiger charge is -2.23. The van der Waals surface area contributed by atoms with Crippen molar-refractivity contribution in [3.8, 4) is 5.75 Å². The predicted molar refractivity (Wildman–Crippen MR) is 95.0 cm³/mol. The zero-order chi connectivity index (χ0) is 17.4. The fourth-order valence-corrected chi connectivity index (χ4v) is 3.90. The van der Waals surface area contributed by atoms with Crippen molar-refractivity contribution in [2.75, 3.05) is 13.2 Å². The summed E-state index contributed by atoms with van der Waals surface area (Å²) in [6.45, 7) is 4.58. The minimum absolute atomic E-state index is 0.281. The smallest absolute Gasteiger partial charge is 0.351 e. The van der Waals surface area contributed by atoms with E-state index in [0.29, 0.717) is 12.2 Å². The summed E-state index contributed by atoms with van der Waals surface area (Å²) in [6, 6.07) is 17.1. The number of rotatable bonds is 9. The second-order valence-electron chi connectivity index (χ2n) is 5.16. The predicted octanol–water partition coefficient (Wildman–Crippen LogP) is 4.49. The van der Waals surface area contributed by atoms with E-state index in [0.717, 1.165) is 11.3 Å². The lowest BCUT2D eigenvalue weighted by molar-refractivity contribution is 0.212. The molecule has 0 amide bonds. The fourth-order valence-electron chi connectivity index (χ4n) is 2.24. The maximum Gasteiger partial charge on any atom is 0.351 e. The summed E-state index contributed by atoms with van der Waals surface area (Å²) in [5.74, 6) is -0.0990. The first-order chi connectivity index (χ1) is 11.6. The summed E-state index contributed by atoms with van der Waals surface area (Å²) >= 11 is 0. The first-order valence-electron chi connectivity index (χ1n) is 8.00. The van der Waals surface area contributed by atoms with Crippen molar-refractivity contribution in [1.29, 1.82) is 0 Å². The molecule has 2 N–H and O–H groups in total. The third-order valence-electron chi connectivity index (χ3n) is 3.43. The Kier molecular flexibility index (Phi) is 7.00. The highest BCUT2D eigenvalue weighted by Crippen LogP contribution is 2.58. The molecule has 0 spiro atoms. The van der Waals surface area contributed by atoms with E-state index in [4.69, 9.17) is 19.5 Å². The zero-order valence-corrected chi connectivity index (χ0v) is 14.9. The Bertz CT molecular complexity index is 650. The van der Waals surface area contributed by atoms with Crippen molar-refractivity contribution >= 4 is 7.60 Å². The van der Waals surface area contributed by atoms with E-state index >= 15 is 0 Å². The normalized spacial score (nSPS) is 12.8. The molecule has 2 aromatic rings. The molecule has 2 rings (SSSR count). The Morgan fingerprint density at radius 2 is 1.54 bits per heavy atom. The van der Waals surface area contributed by atoms with Gasteiger partial charge in [-0.1, -0.05) is 42.5 Å². The van der Waals surface area contributed by atoms with Crippen LogP contribution >= 0.6 is 7.60 Å². The van der Waals surface area contributed by atoms with E-state index < -0.39 is 13.4 Å². The molecule has 0 aliphatic heterocycles. The quantitative estimate of drug-likeness (QED) is 0.676. The van der Waals surface area contributed by atoms with Gasteiger partial charge in [-0.05, 0) is 37.1 Å². The van der Waals surface area contributed by atoms with Gasteiger partial charge < -0.3 is 19.5 Å². The fraction of sp³-hybridized carbons (Fsp3) is 0.333. The molecular weight excluding hydrogens is 325 g/mol. The maximum atomic E-state index is 12.7. The zero-order valence-electron chi connectivity index (χ0n) is 14.1. The SMILES string of the molecule is CCOP(=O)(OCC)[C@@H](N)c1ccc(OCc2ccccc2)cc1. The van der Waals surface area contributed by atoms with Gasteiger partial charge in [-0.3, -0.25) is 4.57 Å². The van der Waals surface area contributed by atoms with Gasteiger partial charge in [-0.15, -0.1) is 0 Å². The van der Waals surface area contributed by atoms with E-state index in [2.05, 4.69) is 0 Å². The third kappa shape index (κ3) is 4.92. The van der Waals surface area contributed by atoms with Crippen molar-refractivity contribution < 1.29 is 18.3 Å². The van der Waals surface area contributed by atoms with Crippen LogP contribution in [0, 0.1) is 0 Å². The number of benzene rings is 2. The van der Waals surface area contributed by atoms with Gasteiger partial charge in [0.25, 0.3) is 0 Å². The van der Waals surface area contributed by atoms with Crippen LogP contribution in [0.1, 0.15) is 30.8 Å². The van der Waals surface area contributed by atoms with Crippen LogP contribution in [0.4, 0.5) is 0 Å². The van der Waals surface area contributed by atoms with E-state index in [1.165, 1.54) is 0 Å². The number of hydrogen-bond donors (Lipinski definition) is 1.